The number of aliphatic hydroxyl groups is 1. The molecule has 0 aromatic heterocycles. The number of carbonyl (C=O) groups is 2. The van der Waals surface area contributed by atoms with Crippen molar-refractivity contribution in [3.63, 3.8) is 0 Å². The lowest BCUT2D eigenvalue weighted by Crippen LogP contribution is -2.39. The minimum Gasteiger partial charge on any atom is -0.506 e. The number of carbonyl (C=O) groups excluding carboxylic acids is 2. The minimum atomic E-state index is -1.33. The average molecular weight is 399 g/mol. The number of halogens is 2. The second-order valence-electron chi connectivity index (χ2n) is 7.34. The molecule has 0 aliphatic heterocycles. The summed E-state index contributed by atoms with van der Waals surface area (Å²) in [5.74, 6) is -1.89. The zero-order chi connectivity index (χ0) is 20.8. The van der Waals surface area contributed by atoms with Crippen LogP contribution in [0.3, 0.4) is 0 Å². The Morgan fingerprint density at radius 3 is 2.36 bits per heavy atom. The van der Waals surface area contributed by atoms with Crippen LogP contribution in [-0.4, -0.2) is 16.7 Å². The van der Waals surface area contributed by atoms with Crippen LogP contribution in [0.5, 0.6) is 0 Å². The van der Waals surface area contributed by atoms with Crippen molar-refractivity contribution in [3.8, 4) is 11.1 Å². The highest BCUT2D eigenvalue weighted by Crippen LogP contribution is 2.41. The molecule has 0 saturated carbocycles. The molecule has 0 fully saturated rings. The molecule has 0 spiro atoms. The summed E-state index contributed by atoms with van der Waals surface area (Å²) in [6.45, 7) is 8.61. The van der Waals surface area contributed by atoms with E-state index in [1.54, 1.807) is 30.3 Å². The molecule has 0 heterocycles. The number of ketones is 2. The lowest BCUT2D eigenvalue weighted by atomic mass is 9.70. The quantitative estimate of drug-likeness (QED) is 0.532. The van der Waals surface area contributed by atoms with E-state index < -0.39 is 28.6 Å². The molecule has 144 valence electrons. The smallest absolute Gasteiger partial charge is 0.180 e. The Bertz CT molecular complexity index is 1060. The monoisotopic (exact) mass is 398 g/mol. The largest absolute Gasteiger partial charge is 0.506 e. The summed E-state index contributed by atoms with van der Waals surface area (Å²) in [6, 6.07) is 9.57. The van der Waals surface area contributed by atoms with Crippen LogP contribution in [0, 0.1) is 11.2 Å². The number of aliphatic hydroxyl groups excluding tert-OH is 1. The molecule has 0 bridgehead atoms. The standard InChI is InChI=1S/C23H20ClFO3/c1-5-13-6-7-14(16-9-8-15(24)11-18(16)25)10-17(13)19-20(26)12(2)21(27)23(3,4)22(19)28/h6-11,26H,2,5H2,1,3-4H3. The van der Waals surface area contributed by atoms with E-state index in [1.807, 2.05) is 6.92 Å². The van der Waals surface area contributed by atoms with Crippen LogP contribution in [-0.2, 0) is 16.0 Å². The summed E-state index contributed by atoms with van der Waals surface area (Å²) in [7, 11) is 0. The lowest BCUT2D eigenvalue weighted by molar-refractivity contribution is -0.133. The summed E-state index contributed by atoms with van der Waals surface area (Å²) in [6.07, 6.45) is 0.587. The molecular weight excluding hydrogens is 379 g/mol. The summed E-state index contributed by atoms with van der Waals surface area (Å²) >= 11 is 5.84. The van der Waals surface area contributed by atoms with Gasteiger partial charge in [-0.15, -0.1) is 0 Å². The van der Waals surface area contributed by atoms with Gasteiger partial charge in [-0.05, 0) is 61.2 Å². The molecule has 1 aliphatic rings. The van der Waals surface area contributed by atoms with Gasteiger partial charge in [-0.3, -0.25) is 9.59 Å². The van der Waals surface area contributed by atoms with Crippen molar-refractivity contribution >= 4 is 28.7 Å². The van der Waals surface area contributed by atoms with Crippen molar-refractivity contribution in [2.45, 2.75) is 27.2 Å². The van der Waals surface area contributed by atoms with Crippen LogP contribution in [0.25, 0.3) is 16.7 Å². The third-order valence-corrected chi connectivity index (χ3v) is 5.40. The summed E-state index contributed by atoms with van der Waals surface area (Å²) in [5.41, 5.74) is 0.753. The van der Waals surface area contributed by atoms with Gasteiger partial charge in [0.05, 0.1) is 16.6 Å². The maximum Gasteiger partial charge on any atom is 0.180 e. The van der Waals surface area contributed by atoms with E-state index in [2.05, 4.69) is 6.58 Å². The van der Waals surface area contributed by atoms with Crippen LogP contribution in [0.15, 0.2) is 54.3 Å². The molecule has 1 aliphatic carbocycles. The minimum absolute atomic E-state index is 0.0441. The van der Waals surface area contributed by atoms with E-state index >= 15 is 0 Å². The Morgan fingerprint density at radius 2 is 1.75 bits per heavy atom. The van der Waals surface area contributed by atoms with E-state index in [9.17, 15) is 19.1 Å². The number of rotatable bonds is 3. The maximum atomic E-state index is 14.4. The molecule has 0 unspecified atom stereocenters. The number of benzene rings is 2. The van der Waals surface area contributed by atoms with Gasteiger partial charge in [0.1, 0.15) is 11.6 Å². The van der Waals surface area contributed by atoms with E-state index in [4.69, 9.17) is 11.6 Å². The number of hydrogen-bond donors (Lipinski definition) is 1. The molecule has 28 heavy (non-hydrogen) atoms. The van der Waals surface area contributed by atoms with Crippen molar-refractivity contribution < 1.29 is 19.1 Å². The molecule has 2 aromatic carbocycles. The Kier molecular flexibility index (Phi) is 5.02. The van der Waals surface area contributed by atoms with Crippen LogP contribution >= 0.6 is 11.6 Å². The Labute approximate surface area is 168 Å². The van der Waals surface area contributed by atoms with Gasteiger partial charge in [-0.25, -0.2) is 4.39 Å². The fourth-order valence-corrected chi connectivity index (χ4v) is 3.58. The predicted molar refractivity (Wildman–Crippen MR) is 109 cm³/mol. The molecular formula is C23H20ClFO3. The van der Waals surface area contributed by atoms with Crippen LogP contribution < -0.4 is 0 Å². The summed E-state index contributed by atoms with van der Waals surface area (Å²) < 4.78 is 14.4. The van der Waals surface area contributed by atoms with Crippen molar-refractivity contribution in [2.75, 3.05) is 0 Å². The zero-order valence-corrected chi connectivity index (χ0v) is 16.7. The second kappa shape index (κ2) is 7.02. The highest BCUT2D eigenvalue weighted by atomic mass is 35.5. The van der Waals surface area contributed by atoms with Gasteiger partial charge in [0.2, 0.25) is 0 Å². The van der Waals surface area contributed by atoms with Crippen molar-refractivity contribution in [1.82, 2.24) is 0 Å². The predicted octanol–water partition coefficient (Wildman–Crippen LogP) is 5.71. The topological polar surface area (TPSA) is 54.4 Å². The fourth-order valence-electron chi connectivity index (χ4n) is 3.42. The number of allylic oxidation sites excluding steroid dienone is 2. The van der Waals surface area contributed by atoms with Gasteiger partial charge in [-0.2, -0.15) is 0 Å². The van der Waals surface area contributed by atoms with E-state index in [0.29, 0.717) is 23.1 Å². The highest BCUT2D eigenvalue weighted by Gasteiger charge is 2.46. The summed E-state index contributed by atoms with van der Waals surface area (Å²) in [4.78, 5) is 25.5. The normalized spacial score (nSPS) is 16.7. The van der Waals surface area contributed by atoms with Gasteiger partial charge in [-0.1, -0.05) is 37.2 Å². The molecule has 0 radical (unpaired) electrons. The number of hydrogen-bond acceptors (Lipinski definition) is 3. The maximum absolute atomic E-state index is 14.4. The van der Waals surface area contributed by atoms with E-state index in [1.165, 1.54) is 19.9 Å². The first-order valence-electron chi connectivity index (χ1n) is 8.90. The molecule has 1 N–H and O–H groups in total. The molecule has 5 heteroatoms. The van der Waals surface area contributed by atoms with Gasteiger partial charge in [0, 0.05) is 10.6 Å². The Morgan fingerprint density at radius 1 is 1.07 bits per heavy atom. The third kappa shape index (κ3) is 3.08. The van der Waals surface area contributed by atoms with Gasteiger partial charge in [0.15, 0.2) is 11.6 Å². The van der Waals surface area contributed by atoms with Crippen molar-refractivity contribution in [3.05, 3.63) is 76.3 Å². The van der Waals surface area contributed by atoms with E-state index in [-0.39, 0.29) is 16.2 Å². The first kappa shape index (κ1) is 20.0. The molecule has 3 nitrogen and oxygen atoms in total. The first-order chi connectivity index (χ1) is 13.1. The number of aryl methyl sites for hydroxylation is 1. The van der Waals surface area contributed by atoms with Gasteiger partial charge >= 0.3 is 0 Å². The Hall–Kier alpha value is -2.72. The fraction of sp³-hybridized carbons (Fsp3) is 0.217. The van der Waals surface area contributed by atoms with Crippen LogP contribution in [0.2, 0.25) is 5.02 Å². The molecule has 0 atom stereocenters. The zero-order valence-electron chi connectivity index (χ0n) is 15.9. The van der Waals surface area contributed by atoms with Crippen LogP contribution in [0.4, 0.5) is 4.39 Å². The first-order valence-corrected chi connectivity index (χ1v) is 9.28. The second-order valence-corrected chi connectivity index (χ2v) is 7.77. The van der Waals surface area contributed by atoms with Gasteiger partial charge in [0.25, 0.3) is 0 Å². The van der Waals surface area contributed by atoms with E-state index in [0.717, 1.165) is 5.56 Å². The average Bonchev–Trinajstić information content (AvgIpc) is 2.65. The molecule has 0 saturated heterocycles. The van der Waals surface area contributed by atoms with Gasteiger partial charge < -0.3 is 5.11 Å². The molecule has 3 rings (SSSR count). The van der Waals surface area contributed by atoms with Crippen molar-refractivity contribution in [1.29, 1.82) is 0 Å². The van der Waals surface area contributed by atoms with Crippen molar-refractivity contribution in [2.24, 2.45) is 5.41 Å². The Balaban J connectivity index is 2.28. The highest BCUT2D eigenvalue weighted by molar-refractivity contribution is 6.37. The third-order valence-electron chi connectivity index (χ3n) is 5.16. The lowest BCUT2D eigenvalue weighted by Gasteiger charge is -2.30. The SMILES string of the molecule is C=C1C(=O)C(C)(C)C(=O)C(c2cc(-c3ccc(Cl)cc3F)ccc2CC)=C1O. The molecule has 0 amide bonds. The van der Waals surface area contributed by atoms with Crippen LogP contribution in [0.1, 0.15) is 31.9 Å². The molecule has 2 aromatic rings. The summed E-state index contributed by atoms with van der Waals surface area (Å²) in [5, 5.41) is 10.9. The number of Topliss-reactive ketones (excluding diaryl/α,β-unsaturated/α-hetero) is 2.